The van der Waals surface area contributed by atoms with Gasteiger partial charge in [-0.2, -0.15) is 5.26 Å². The number of aromatic hydroxyl groups is 1. The van der Waals surface area contributed by atoms with E-state index in [9.17, 15) is 10.4 Å². The van der Waals surface area contributed by atoms with E-state index in [4.69, 9.17) is 12.2 Å². The van der Waals surface area contributed by atoms with Crippen LogP contribution in [0.1, 0.15) is 4.88 Å². The maximum absolute atomic E-state index is 10.4. The second-order valence-corrected chi connectivity index (χ2v) is 6.09. The van der Waals surface area contributed by atoms with Gasteiger partial charge in [-0.3, -0.25) is 0 Å². The molecule has 0 saturated heterocycles. The highest BCUT2D eigenvalue weighted by Crippen LogP contribution is 2.47. The molecule has 0 bridgehead atoms. The average molecular weight is 353 g/mol. The summed E-state index contributed by atoms with van der Waals surface area (Å²) in [7, 11) is 0. The van der Waals surface area contributed by atoms with Crippen molar-refractivity contribution >= 4 is 44.6 Å². The molecule has 1 heterocycles. The van der Waals surface area contributed by atoms with E-state index in [1.165, 1.54) is 0 Å². The molecule has 1 aromatic rings. The first kappa shape index (κ1) is 16.0. The van der Waals surface area contributed by atoms with Gasteiger partial charge in [-0.05, 0) is 12.2 Å². The Morgan fingerprint density at radius 1 is 1.46 bits per heavy atom. The third-order valence-electron chi connectivity index (χ3n) is 3.26. The molecule has 0 aromatic heterocycles. The van der Waals surface area contributed by atoms with Crippen LogP contribution < -0.4 is 5.32 Å². The number of fused-ring (bicyclic) bond motifs is 3. The van der Waals surface area contributed by atoms with E-state index in [0.29, 0.717) is 28.1 Å². The van der Waals surface area contributed by atoms with Crippen LogP contribution >= 0.6 is 23.6 Å². The summed E-state index contributed by atoms with van der Waals surface area (Å²) in [4.78, 5) is 4.75. The first-order valence-electron chi connectivity index (χ1n) is 6.90. The van der Waals surface area contributed by atoms with E-state index >= 15 is 0 Å². The van der Waals surface area contributed by atoms with Crippen LogP contribution in [0.15, 0.2) is 47.1 Å². The summed E-state index contributed by atoms with van der Waals surface area (Å²) < 4.78 is 0. The third kappa shape index (κ3) is 2.82. The lowest BCUT2D eigenvalue weighted by Gasteiger charge is -2.03. The van der Waals surface area contributed by atoms with E-state index in [-0.39, 0.29) is 16.0 Å². The van der Waals surface area contributed by atoms with Gasteiger partial charge >= 0.3 is 0 Å². The summed E-state index contributed by atoms with van der Waals surface area (Å²) in [6.07, 6.45) is 1.65. The SMILES string of the molecule is C=CCNC(=S)/N=N\c1nc2c3ccccc3c(O)c-2c(C#N)s1. The predicted octanol–water partition coefficient (Wildman–Crippen LogP) is 4.12. The topological polar surface area (TPSA) is 93.7 Å². The van der Waals surface area contributed by atoms with Crippen molar-refractivity contribution in [1.82, 2.24) is 10.3 Å². The summed E-state index contributed by atoms with van der Waals surface area (Å²) in [5, 5.41) is 32.4. The predicted molar refractivity (Wildman–Crippen MR) is 97.9 cm³/mol. The molecule has 24 heavy (non-hydrogen) atoms. The number of nitrogens with zero attached hydrogens (tertiary/aromatic N) is 4. The van der Waals surface area contributed by atoms with Crippen molar-refractivity contribution in [2.24, 2.45) is 10.2 Å². The van der Waals surface area contributed by atoms with Gasteiger partial charge in [0.2, 0.25) is 10.2 Å². The molecule has 0 fully saturated rings. The molecular formula is C16H11N5OS2. The molecule has 0 unspecified atom stereocenters. The fourth-order valence-corrected chi connectivity index (χ4v) is 3.14. The number of hydrogen-bond acceptors (Lipinski definition) is 6. The molecule has 2 N–H and O–H groups in total. The maximum Gasteiger partial charge on any atom is 0.231 e. The second-order valence-electron chi connectivity index (χ2n) is 4.73. The summed E-state index contributed by atoms with van der Waals surface area (Å²) >= 11 is 6.06. The van der Waals surface area contributed by atoms with Crippen LogP contribution in [0.3, 0.4) is 0 Å². The van der Waals surface area contributed by atoms with E-state index in [1.54, 1.807) is 12.1 Å². The van der Waals surface area contributed by atoms with Gasteiger partial charge in [-0.1, -0.05) is 41.7 Å². The van der Waals surface area contributed by atoms with Gasteiger partial charge < -0.3 is 10.4 Å². The Hall–Kier alpha value is -2.89. The summed E-state index contributed by atoms with van der Waals surface area (Å²) in [6.45, 7) is 4.06. The van der Waals surface area contributed by atoms with Crippen LogP contribution in [-0.4, -0.2) is 21.7 Å². The Balaban J connectivity index is 2.11. The van der Waals surface area contributed by atoms with Gasteiger partial charge in [0, 0.05) is 17.3 Å². The van der Waals surface area contributed by atoms with Gasteiger partial charge in [-0.15, -0.1) is 16.8 Å². The van der Waals surface area contributed by atoms with Crippen LogP contribution in [0.4, 0.5) is 5.13 Å². The fourth-order valence-electron chi connectivity index (χ4n) is 2.27. The van der Waals surface area contributed by atoms with Crippen molar-refractivity contribution in [3.05, 3.63) is 41.8 Å². The van der Waals surface area contributed by atoms with Crippen LogP contribution in [-0.2, 0) is 0 Å². The number of nitrogens with one attached hydrogen (secondary N) is 1. The number of azo groups is 1. The van der Waals surface area contributed by atoms with Gasteiger partial charge in [0.15, 0.2) is 0 Å². The molecule has 0 spiro atoms. The fraction of sp³-hybridized carbons (Fsp3) is 0.0625. The highest BCUT2D eigenvalue weighted by molar-refractivity contribution is 7.80. The number of hydrogen-bond donors (Lipinski definition) is 2. The molecule has 0 saturated carbocycles. The maximum atomic E-state index is 10.4. The van der Waals surface area contributed by atoms with Gasteiger partial charge in [0.1, 0.15) is 16.7 Å². The van der Waals surface area contributed by atoms with Crippen molar-refractivity contribution in [3.63, 3.8) is 0 Å². The standard InChI is InChI=1S/C16H11N5OS2/c1-2-7-18-15(23)20-21-16-19-13-9-5-3-4-6-10(9)14(22)12(13)11(8-17)24-16/h2-6,22H,1,7H2,(H,18,23)/b21-20-. The van der Waals surface area contributed by atoms with E-state index in [1.807, 2.05) is 18.2 Å². The van der Waals surface area contributed by atoms with Gasteiger partial charge in [0.25, 0.3) is 0 Å². The monoisotopic (exact) mass is 353 g/mol. The van der Waals surface area contributed by atoms with Crippen molar-refractivity contribution in [2.45, 2.75) is 0 Å². The molecule has 118 valence electrons. The van der Waals surface area contributed by atoms with Crippen LogP contribution in [0.2, 0.25) is 0 Å². The molecule has 1 aromatic carbocycles. The molecular weight excluding hydrogens is 342 g/mol. The normalized spacial score (nSPS) is 11.0. The number of aromatic nitrogens is 1. The minimum Gasteiger partial charge on any atom is -0.507 e. The lowest BCUT2D eigenvalue weighted by atomic mass is 10.2. The van der Waals surface area contributed by atoms with Crippen molar-refractivity contribution < 1.29 is 5.11 Å². The molecule has 0 amide bonds. The Bertz CT molecular complexity index is 986. The van der Waals surface area contributed by atoms with E-state index in [0.717, 1.165) is 16.7 Å². The van der Waals surface area contributed by atoms with Crippen molar-refractivity contribution in [2.75, 3.05) is 6.54 Å². The molecule has 3 rings (SSSR count). The molecule has 8 heteroatoms. The number of benzene rings is 1. The van der Waals surface area contributed by atoms with Crippen LogP contribution in [0, 0.1) is 11.3 Å². The minimum atomic E-state index is 0.0626. The average Bonchev–Trinajstić information content (AvgIpc) is 2.90. The molecule has 1 aliphatic heterocycles. The molecule has 0 radical (unpaired) electrons. The Morgan fingerprint density at radius 3 is 2.92 bits per heavy atom. The zero-order valence-corrected chi connectivity index (χ0v) is 14.0. The highest BCUT2D eigenvalue weighted by atomic mass is 32.1. The molecule has 2 aliphatic rings. The summed E-state index contributed by atoms with van der Waals surface area (Å²) in [5.41, 5.74) is 0.965. The second kappa shape index (κ2) is 6.70. The third-order valence-corrected chi connectivity index (χ3v) is 4.35. The lowest BCUT2D eigenvalue weighted by Crippen LogP contribution is -2.18. The summed E-state index contributed by atoms with van der Waals surface area (Å²) in [5.74, 6) is 0.0626. The zero-order chi connectivity index (χ0) is 17.1. The zero-order valence-electron chi connectivity index (χ0n) is 12.4. The van der Waals surface area contributed by atoms with Gasteiger partial charge in [-0.25, -0.2) is 4.98 Å². The summed E-state index contributed by atoms with van der Waals surface area (Å²) in [6, 6.07) is 9.38. The molecule has 0 atom stereocenters. The number of thiocarbonyl (C=S) groups is 1. The minimum absolute atomic E-state index is 0.0626. The number of nitriles is 1. The first-order valence-corrected chi connectivity index (χ1v) is 8.13. The highest BCUT2D eigenvalue weighted by Gasteiger charge is 2.24. The molecule has 1 aliphatic carbocycles. The van der Waals surface area contributed by atoms with Gasteiger partial charge in [0.05, 0.1) is 11.3 Å². The molecule has 6 nitrogen and oxygen atoms in total. The first-order chi connectivity index (χ1) is 11.7. The van der Waals surface area contributed by atoms with Crippen LogP contribution in [0.5, 0.6) is 5.75 Å². The van der Waals surface area contributed by atoms with Crippen molar-refractivity contribution in [3.8, 4) is 23.1 Å². The quantitative estimate of drug-likeness (QED) is 0.420. The van der Waals surface area contributed by atoms with E-state index < -0.39 is 0 Å². The van der Waals surface area contributed by atoms with Crippen molar-refractivity contribution in [1.29, 1.82) is 5.26 Å². The smallest absolute Gasteiger partial charge is 0.231 e. The Labute approximate surface area is 147 Å². The largest absolute Gasteiger partial charge is 0.507 e. The Morgan fingerprint density at radius 2 is 2.21 bits per heavy atom. The van der Waals surface area contributed by atoms with E-state index in [2.05, 4.69) is 33.2 Å². The lowest BCUT2D eigenvalue weighted by molar-refractivity contribution is 0.484. The van der Waals surface area contributed by atoms with Crippen LogP contribution in [0.25, 0.3) is 22.0 Å². The number of rotatable bonds is 3. The Kier molecular flexibility index (Phi) is 4.46.